The molecule has 1 unspecified atom stereocenters. The molecule has 2 aromatic rings. The summed E-state index contributed by atoms with van der Waals surface area (Å²) < 4.78 is 26.0. The molecule has 0 heterocycles. The van der Waals surface area contributed by atoms with Gasteiger partial charge >= 0.3 is 23.9 Å². The predicted octanol–water partition coefficient (Wildman–Crippen LogP) is 4.96. The summed E-state index contributed by atoms with van der Waals surface area (Å²) in [5, 5.41) is 9.89. The highest BCUT2D eigenvalue weighted by molar-refractivity contribution is 5.97. The van der Waals surface area contributed by atoms with Gasteiger partial charge in [-0.05, 0) is 67.8 Å². The van der Waals surface area contributed by atoms with Crippen molar-refractivity contribution in [3.8, 4) is 16.9 Å². The average Bonchev–Trinajstić information content (AvgIpc) is 2.96. The van der Waals surface area contributed by atoms with Crippen molar-refractivity contribution in [2.24, 2.45) is 0 Å². The summed E-state index contributed by atoms with van der Waals surface area (Å²) in [4.78, 5) is 48.7. The Kier molecular flexibility index (Phi) is 13.2. The molecule has 0 bridgehead atoms. The van der Waals surface area contributed by atoms with Gasteiger partial charge in [-0.1, -0.05) is 31.9 Å². The van der Waals surface area contributed by atoms with Crippen molar-refractivity contribution in [1.82, 2.24) is 0 Å². The average molecular weight is 581 g/mol. The number of aliphatic hydroxyl groups excluding tert-OH is 1. The number of rotatable bonds is 16. The predicted molar refractivity (Wildman–Crippen MR) is 155 cm³/mol. The molecule has 0 saturated heterocycles. The molecule has 10 nitrogen and oxygen atoms in total. The first-order chi connectivity index (χ1) is 19.9. The lowest BCUT2D eigenvalue weighted by Crippen LogP contribution is -2.15. The monoisotopic (exact) mass is 580 g/mol. The zero-order valence-electron chi connectivity index (χ0n) is 24.1. The third-order valence-electron chi connectivity index (χ3n) is 5.47. The van der Waals surface area contributed by atoms with Crippen molar-refractivity contribution < 1.29 is 48.0 Å². The van der Waals surface area contributed by atoms with Gasteiger partial charge in [-0.25, -0.2) is 19.2 Å². The molecule has 224 valence electrons. The maximum absolute atomic E-state index is 12.9. The van der Waals surface area contributed by atoms with Gasteiger partial charge < -0.3 is 28.8 Å². The van der Waals surface area contributed by atoms with Gasteiger partial charge in [-0.15, -0.1) is 0 Å². The maximum atomic E-state index is 12.9. The van der Waals surface area contributed by atoms with Gasteiger partial charge in [0.25, 0.3) is 0 Å². The molecule has 1 atom stereocenters. The van der Waals surface area contributed by atoms with Gasteiger partial charge in [0.2, 0.25) is 6.29 Å². The smallest absolute Gasteiger partial charge is 0.338 e. The van der Waals surface area contributed by atoms with Gasteiger partial charge in [0.15, 0.2) is 0 Å². The van der Waals surface area contributed by atoms with Gasteiger partial charge in [0, 0.05) is 24.0 Å². The lowest BCUT2D eigenvalue weighted by molar-refractivity contribution is -0.140. The largest absolute Gasteiger partial charge is 0.462 e. The molecular weight excluding hydrogens is 544 g/mol. The Morgan fingerprint density at radius 1 is 0.667 bits per heavy atom. The van der Waals surface area contributed by atoms with Crippen LogP contribution in [0.4, 0.5) is 0 Å². The molecule has 0 saturated carbocycles. The lowest BCUT2D eigenvalue weighted by Gasteiger charge is -2.14. The van der Waals surface area contributed by atoms with E-state index in [9.17, 15) is 24.3 Å². The molecule has 0 aliphatic carbocycles. The molecule has 0 fully saturated rings. The topological polar surface area (TPSA) is 135 Å². The summed E-state index contributed by atoms with van der Waals surface area (Å²) in [7, 11) is 0. The van der Waals surface area contributed by atoms with E-state index in [0.717, 1.165) is 0 Å². The van der Waals surface area contributed by atoms with Crippen LogP contribution < -0.4 is 4.74 Å². The molecule has 0 radical (unpaired) electrons. The van der Waals surface area contributed by atoms with Crippen LogP contribution in [0.3, 0.4) is 0 Å². The minimum absolute atomic E-state index is 0.0215. The van der Waals surface area contributed by atoms with Crippen molar-refractivity contribution in [2.45, 2.75) is 39.9 Å². The van der Waals surface area contributed by atoms with Gasteiger partial charge in [0.1, 0.15) is 5.75 Å². The summed E-state index contributed by atoms with van der Waals surface area (Å²) in [6, 6.07) is 11.1. The number of carbonyl (C=O) groups excluding carboxylic acids is 4. The number of aliphatic hydroxyl groups is 1. The summed E-state index contributed by atoms with van der Waals surface area (Å²) in [5.41, 5.74) is 2.35. The fraction of sp³-hybridized carbons (Fsp3) is 0.312. The Bertz CT molecular complexity index is 1260. The van der Waals surface area contributed by atoms with Crippen LogP contribution in [-0.2, 0) is 28.5 Å². The minimum Gasteiger partial charge on any atom is -0.462 e. The summed E-state index contributed by atoms with van der Waals surface area (Å²) in [6.45, 7) is 15.4. The maximum Gasteiger partial charge on any atom is 0.338 e. The second-order valence-corrected chi connectivity index (χ2v) is 9.45. The third kappa shape index (κ3) is 11.1. The molecule has 0 aliphatic rings. The van der Waals surface area contributed by atoms with E-state index in [2.05, 4.69) is 19.7 Å². The molecule has 0 aromatic heterocycles. The second kappa shape index (κ2) is 16.5. The fourth-order valence-corrected chi connectivity index (χ4v) is 3.18. The standard InChI is InChI=1S/C32H36O10/c1-20(2)28(33)38-13-7-15-40-31(36)25-17-24(23-9-11-27(12-10-23)42-30(35)22(5)6)18-26(19-25)32(37)41-16-8-14-39-29(34)21(3)4/h9-12,17-19,30,35H,1,3,5,7-8,13-16H2,2,4,6H3. The highest BCUT2D eigenvalue weighted by Crippen LogP contribution is 2.26. The second-order valence-electron chi connectivity index (χ2n) is 9.45. The molecule has 10 heteroatoms. The van der Waals surface area contributed by atoms with Crippen LogP contribution >= 0.6 is 0 Å². The van der Waals surface area contributed by atoms with E-state index in [-0.39, 0.29) is 61.5 Å². The third-order valence-corrected chi connectivity index (χ3v) is 5.47. The van der Waals surface area contributed by atoms with E-state index in [1.165, 1.54) is 19.9 Å². The molecular formula is C32H36O10. The van der Waals surface area contributed by atoms with Crippen molar-refractivity contribution >= 4 is 23.9 Å². The van der Waals surface area contributed by atoms with E-state index in [0.29, 0.717) is 22.4 Å². The van der Waals surface area contributed by atoms with Gasteiger partial charge in [0.05, 0.1) is 37.6 Å². The molecule has 42 heavy (non-hydrogen) atoms. The van der Waals surface area contributed by atoms with Crippen LogP contribution in [0.1, 0.15) is 54.3 Å². The van der Waals surface area contributed by atoms with Crippen LogP contribution in [0.5, 0.6) is 5.75 Å². The highest BCUT2D eigenvalue weighted by atomic mass is 16.6. The molecule has 2 aromatic carbocycles. The van der Waals surface area contributed by atoms with Crippen LogP contribution in [0.15, 0.2) is 78.9 Å². The van der Waals surface area contributed by atoms with Crippen molar-refractivity contribution in [1.29, 1.82) is 0 Å². The SMILES string of the molecule is C=C(C)C(=O)OCCCOC(=O)c1cc(C(=O)OCCCOC(=O)C(=C)C)cc(-c2ccc(OC(O)C(=C)C)cc2)c1. The van der Waals surface area contributed by atoms with Gasteiger partial charge in [-0.3, -0.25) is 0 Å². The van der Waals surface area contributed by atoms with Crippen molar-refractivity contribution in [3.05, 3.63) is 90.0 Å². The Morgan fingerprint density at radius 3 is 1.50 bits per heavy atom. The van der Waals surface area contributed by atoms with E-state index in [4.69, 9.17) is 23.7 Å². The number of carbonyl (C=O) groups is 4. The lowest BCUT2D eigenvalue weighted by atomic mass is 9.99. The Balaban J connectivity index is 2.17. The van der Waals surface area contributed by atoms with E-state index >= 15 is 0 Å². The molecule has 0 spiro atoms. The molecule has 0 amide bonds. The zero-order valence-corrected chi connectivity index (χ0v) is 24.1. The van der Waals surface area contributed by atoms with Crippen molar-refractivity contribution in [2.75, 3.05) is 26.4 Å². The normalized spacial score (nSPS) is 11.0. The first-order valence-electron chi connectivity index (χ1n) is 13.1. The Labute approximate surface area is 245 Å². The summed E-state index contributed by atoms with van der Waals surface area (Å²) in [5.74, 6) is -2.04. The summed E-state index contributed by atoms with van der Waals surface area (Å²) in [6.07, 6.45) is -0.622. The number of hydrogen-bond donors (Lipinski definition) is 1. The quantitative estimate of drug-likeness (QED) is 0.0725. The highest BCUT2D eigenvalue weighted by Gasteiger charge is 2.17. The van der Waals surface area contributed by atoms with E-state index in [1.807, 2.05) is 0 Å². The van der Waals surface area contributed by atoms with Crippen molar-refractivity contribution in [3.63, 3.8) is 0 Å². The number of esters is 4. The first kappa shape index (κ1) is 33.5. The summed E-state index contributed by atoms with van der Waals surface area (Å²) >= 11 is 0. The van der Waals surface area contributed by atoms with Crippen LogP contribution in [-0.4, -0.2) is 61.7 Å². The van der Waals surface area contributed by atoms with Crippen LogP contribution in [0, 0.1) is 0 Å². The molecule has 1 N–H and O–H groups in total. The molecule has 0 aliphatic heterocycles. The van der Waals surface area contributed by atoms with E-state index < -0.39 is 30.2 Å². The first-order valence-corrected chi connectivity index (χ1v) is 13.1. The number of benzene rings is 2. The number of hydrogen-bond acceptors (Lipinski definition) is 10. The van der Waals surface area contributed by atoms with Crippen LogP contribution in [0.2, 0.25) is 0 Å². The fourth-order valence-electron chi connectivity index (χ4n) is 3.18. The minimum atomic E-state index is -1.16. The Morgan fingerprint density at radius 2 is 1.10 bits per heavy atom. The van der Waals surface area contributed by atoms with Gasteiger partial charge in [-0.2, -0.15) is 0 Å². The Hall–Kier alpha value is -4.70. The van der Waals surface area contributed by atoms with E-state index in [1.54, 1.807) is 43.3 Å². The number of ether oxygens (including phenoxy) is 5. The zero-order chi connectivity index (χ0) is 31.2. The van der Waals surface area contributed by atoms with Crippen LogP contribution in [0.25, 0.3) is 11.1 Å². The molecule has 2 rings (SSSR count).